The van der Waals surface area contributed by atoms with Crippen molar-refractivity contribution in [3.8, 4) is 22.8 Å². The summed E-state index contributed by atoms with van der Waals surface area (Å²) in [5.74, 6) is 0.720. The highest BCUT2D eigenvalue weighted by Gasteiger charge is 2.21. The van der Waals surface area contributed by atoms with Crippen LogP contribution in [0.1, 0.15) is 42.6 Å². The second-order valence-corrected chi connectivity index (χ2v) is 10.1. The molecular weight excluding hydrogens is 501 g/mol. The van der Waals surface area contributed by atoms with Crippen LogP contribution in [0.2, 0.25) is 0 Å². The van der Waals surface area contributed by atoms with Crippen LogP contribution < -0.4 is 5.32 Å². The normalized spacial score (nSPS) is 14.1. The molecular formula is C32H30FN7. The number of pyridine rings is 2. The van der Waals surface area contributed by atoms with Crippen molar-refractivity contribution >= 4 is 22.3 Å². The van der Waals surface area contributed by atoms with E-state index in [1.807, 2.05) is 31.3 Å². The maximum atomic E-state index is 14.7. The van der Waals surface area contributed by atoms with Gasteiger partial charge in [0, 0.05) is 34.3 Å². The molecule has 1 aliphatic carbocycles. The Morgan fingerprint density at radius 2 is 1.93 bits per heavy atom. The molecule has 6 rings (SSSR count). The third kappa shape index (κ3) is 4.84. The number of anilines is 1. The summed E-state index contributed by atoms with van der Waals surface area (Å²) in [7, 11) is 0. The van der Waals surface area contributed by atoms with Crippen molar-refractivity contribution < 1.29 is 4.39 Å². The predicted molar refractivity (Wildman–Crippen MR) is 158 cm³/mol. The van der Waals surface area contributed by atoms with Crippen LogP contribution in [0.25, 0.3) is 39.4 Å². The number of H-pyrrole nitrogens is 2. The SMILES string of the molecule is C=C/C=C(/c1ccccc1F)c1nc(-c2n[nH]c3ccc(-c4cncc(NC(=C)C5CCCC5)c4)nc23)[nH]c1C. The van der Waals surface area contributed by atoms with E-state index in [2.05, 4.69) is 38.6 Å². The van der Waals surface area contributed by atoms with Crippen molar-refractivity contribution in [1.29, 1.82) is 0 Å². The Morgan fingerprint density at radius 3 is 2.73 bits per heavy atom. The van der Waals surface area contributed by atoms with Crippen LogP contribution in [-0.2, 0) is 0 Å². The van der Waals surface area contributed by atoms with Gasteiger partial charge in [-0.05, 0) is 49.9 Å². The number of fused-ring (bicyclic) bond motifs is 1. The van der Waals surface area contributed by atoms with Gasteiger partial charge in [-0.15, -0.1) is 0 Å². The minimum Gasteiger partial charge on any atom is -0.358 e. The number of halogens is 1. The van der Waals surface area contributed by atoms with Crippen molar-refractivity contribution in [2.24, 2.45) is 5.92 Å². The monoisotopic (exact) mass is 531 g/mol. The van der Waals surface area contributed by atoms with Gasteiger partial charge >= 0.3 is 0 Å². The van der Waals surface area contributed by atoms with E-state index in [1.165, 1.54) is 31.7 Å². The third-order valence-electron chi connectivity index (χ3n) is 7.41. The fourth-order valence-electron chi connectivity index (χ4n) is 5.36. The molecule has 0 amide bonds. The fraction of sp³-hybridized carbons (Fsp3) is 0.188. The number of nitrogens with one attached hydrogen (secondary N) is 3. The Morgan fingerprint density at radius 1 is 1.10 bits per heavy atom. The third-order valence-corrected chi connectivity index (χ3v) is 7.41. The molecule has 200 valence electrons. The first-order valence-corrected chi connectivity index (χ1v) is 13.4. The summed E-state index contributed by atoms with van der Waals surface area (Å²) in [6.45, 7) is 9.98. The molecule has 0 aliphatic heterocycles. The van der Waals surface area contributed by atoms with Gasteiger partial charge in [-0.25, -0.2) is 14.4 Å². The molecule has 1 aromatic carbocycles. The van der Waals surface area contributed by atoms with Crippen LogP contribution in [0.4, 0.5) is 10.1 Å². The zero-order valence-corrected chi connectivity index (χ0v) is 22.3. The van der Waals surface area contributed by atoms with E-state index in [-0.39, 0.29) is 5.82 Å². The molecule has 40 heavy (non-hydrogen) atoms. The lowest BCUT2D eigenvalue weighted by Crippen LogP contribution is -2.07. The minimum atomic E-state index is -0.326. The maximum Gasteiger partial charge on any atom is 0.161 e. The molecule has 1 aliphatic rings. The highest BCUT2D eigenvalue weighted by molar-refractivity contribution is 5.90. The molecule has 1 fully saturated rings. The van der Waals surface area contributed by atoms with Crippen molar-refractivity contribution in [3.63, 3.8) is 0 Å². The van der Waals surface area contributed by atoms with Crippen LogP contribution >= 0.6 is 0 Å². The smallest absolute Gasteiger partial charge is 0.161 e. The van der Waals surface area contributed by atoms with Gasteiger partial charge < -0.3 is 10.3 Å². The Kier molecular flexibility index (Phi) is 6.82. The van der Waals surface area contributed by atoms with Gasteiger partial charge in [0.25, 0.3) is 0 Å². The minimum absolute atomic E-state index is 0.326. The molecule has 0 spiro atoms. The molecule has 7 nitrogen and oxygen atoms in total. The number of rotatable bonds is 8. The molecule has 0 radical (unpaired) electrons. The Bertz CT molecular complexity index is 1750. The molecule has 0 bridgehead atoms. The maximum absolute atomic E-state index is 14.7. The first-order chi connectivity index (χ1) is 19.5. The van der Waals surface area contributed by atoms with Crippen LogP contribution in [-0.4, -0.2) is 30.1 Å². The summed E-state index contributed by atoms with van der Waals surface area (Å²) in [5, 5.41) is 11.0. The first-order valence-electron chi connectivity index (χ1n) is 13.4. The number of nitrogens with zero attached hydrogens (tertiary/aromatic N) is 4. The van der Waals surface area contributed by atoms with Gasteiger partial charge in [-0.2, -0.15) is 5.10 Å². The molecule has 5 aromatic rings. The van der Waals surface area contributed by atoms with E-state index in [4.69, 9.17) is 9.97 Å². The number of benzene rings is 1. The zero-order chi connectivity index (χ0) is 27.6. The topological polar surface area (TPSA) is 95.2 Å². The van der Waals surface area contributed by atoms with E-state index in [9.17, 15) is 4.39 Å². The average Bonchev–Trinajstić information content (AvgIpc) is 3.72. The Labute approximate surface area is 232 Å². The summed E-state index contributed by atoms with van der Waals surface area (Å²) >= 11 is 0. The van der Waals surface area contributed by atoms with E-state index in [0.717, 1.165) is 33.9 Å². The summed E-state index contributed by atoms with van der Waals surface area (Å²) in [5.41, 5.74) is 8.10. The van der Waals surface area contributed by atoms with Gasteiger partial charge in [0.1, 0.15) is 11.3 Å². The van der Waals surface area contributed by atoms with E-state index in [1.54, 1.807) is 36.5 Å². The quantitative estimate of drug-likeness (QED) is 0.179. The number of allylic oxidation sites excluding steroid dienone is 3. The molecule has 4 aromatic heterocycles. The fourth-order valence-corrected chi connectivity index (χ4v) is 5.36. The lowest BCUT2D eigenvalue weighted by atomic mass is 10.0. The van der Waals surface area contributed by atoms with Gasteiger partial charge in [-0.3, -0.25) is 10.1 Å². The summed E-state index contributed by atoms with van der Waals surface area (Å²) < 4.78 is 14.7. The summed E-state index contributed by atoms with van der Waals surface area (Å²) in [4.78, 5) is 17.5. The second kappa shape index (κ2) is 10.7. The Balaban J connectivity index is 1.34. The molecule has 0 unspecified atom stereocenters. The molecule has 1 saturated carbocycles. The highest BCUT2D eigenvalue weighted by Crippen LogP contribution is 2.33. The standard InChI is InChI=1S/C32H30FN7/c1-4-9-25(24-12-7-8-13-26(24)33)29-20(3)36-32(38-29)31-30-28(39-40-31)15-14-27(37-30)22-16-23(18-34-17-22)35-19(2)21-10-5-6-11-21/h4,7-9,12-18,21,35H,1-2,5-6,10-11H2,3H3,(H,36,38)(H,39,40)/b25-9-. The summed E-state index contributed by atoms with van der Waals surface area (Å²) in [6, 6.07) is 12.6. The predicted octanol–water partition coefficient (Wildman–Crippen LogP) is 7.59. The van der Waals surface area contributed by atoms with Crippen molar-refractivity contribution in [1.82, 2.24) is 30.1 Å². The number of hydrogen-bond acceptors (Lipinski definition) is 5. The van der Waals surface area contributed by atoms with Gasteiger partial charge in [0.2, 0.25) is 0 Å². The average molecular weight is 532 g/mol. The van der Waals surface area contributed by atoms with Gasteiger partial charge in [0.05, 0.1) is 28.8 Å². The number of imidazole rings is 1. The van der Waals surface area contributed by atoms with E-state index >= 15 is 0 Å². The van der Waals surface area contributed by atoms with Crippen molar-refractivity contribution in [2.45, 2.75) is 32.6 Å². The molecule has 4 heterocycles. The van der Waals surface area contributed by atoms with Gasteiger partial charge in [0.15, 0.2) is 11.5 Å². The largest absolute Gasteiger partial charge is 0.358 e. The van der Waals surface area contributed by atoms with Crippen LogP contribution in [0.5, 0.6) is 0 Å². The van der Waals surface area contributed by atoms with Crippen LogP contribution in [0.3, 0.4) is 0 Å². The number of aromatic nitrogens is 6. The van der Waals surface area contributed by atoms with Crippen LogP contribution in [0.15, 0.2) is 85.9 Å². The van der Waals surface area contributed by atoms with E-state index < -0.39 is 0 Å². The first kappa shape index (κ1) is 25.4. The van der Waals surface area contributed by atoms with Gasteiger partial charge in [-0.1, -0.05) is 56.4 Å². The molecule has 0 atom stereocenters. The van der Waals surface area contributed by atoms with Crippen molar-refractivity contribution in [2.75, 3.05) is 5.32 Å². The molecule has 3 N–H and O–H groups in total. The Hall–Kier alpha value is -4.85. The van der Waals surface area contributed by atoms with Crippen LogP contribution in [0, 0.1) is 18.7 Å². The zero-order valence-electron chi connectivity index (χ0n) is 22.3. The highest BCUT2D eigenvalue weighted by atomic mass is 19.1. The van der Waals surface area contributed by atoms with E-state index in [0.29, 0.717) is 39.8 Å². The lowest BCUT2D eigenvalue weighted by molar-refractivity contribution is 0.624. The lowest BCUT2D eigenvalue weighted by Gasteiger charge is -2.15. The second-order valence-electron chi connectivity index (χ2n) is 10.1. The summed E-state index contributed by atoms with van der Waals surface area (Å²) in [6.07, 6.45) is 11.9. The number of hydrogen-bond donors (Lipinski definition) is 3. The number of aromatic amines is 2. The number of aryl methyl sites for hydroxylation is 1. The van der Waals surface area contributed by atoms with Crippen molar-refractivity contribution in [3.05, 3.63) is 109 Å². The molecule has 8 heteroatoms. The molecule has 0 saturated heterocycles.